The third-order valence-electron chi connectivity index (χ3n) is 6.25. The van der Waals surface area contributed by atoms with Gasteiger partial charge in [0.15, 0.2) is 5.11 Å². The average molecular weight is 500 g/mol. The van der Waals surface area contributed by atoms with Gasteiger partial charge in [0, 0.05) is 41.3 Å². The van der Waals surface area contributed by atoms with Crippen molar-refractivity contribution in [3.05, 3.63) is 77.3 Å². The van der Waals surface area contributed by atoms with Gasteiger partial charge in [-0.2, -0.15) is 4.98 Å². The van der Waals surface area contributed by atoms with Crippen LogP contribution in [0.1, 0.15) is 30.9 Å². The number of aryl methyl sites for hydroxylation is 1. The molecule has 2 amide bonds. The lowest BCUT2D eigenvalue weighted by molar-refractivity contribution is -0.133. The lowest BCUT2D eigenvalue weighted by Crippen LogP contribution is -2.55. The molecule has 0 bridgehead atoms. The number of aromatic nitrogens is 3. The van der Waals surface area contributed by atoms with Gasteiger partial charge in [0.05, 0.1) is 0 Å². The summed E-state index contributed by atoms with van der Waals surface area (Å²) in [6.45, 7) is 6.83. The van der Waals surface area contributed by atoms with Crippen LogP contribution in [0.25, 0.3) is 28.4 Å². The highest BCUT2D eigenvalue weighted by molar-refractivity contribution is 7.80. The molecule has 0 radical (unpaired) electrons. The van der Waals surface area contributed by atoms with Gasteiger partial charge in [-0.15, -0.1) is 0 Å². The van der Waals surface area contributed by atoms with Gasteiger partial charge in [-0.1, -0.05) is 53.2 Å². The van der Waals surface area contributed by atoms with Crippen LogP contribution in [0.4, 0.5) is 0 Å². The Morgan fingerprint density at radius 1 is 0.972 bits per heavy atom. The minimum atomic E-state index is -0.381. The van der Waals surface area contributed by atoms with E-state index in [9.17, 15) is 9.59 Å². The molecule has 182 valence electrons. The predicted molar refractivity (Wildman–Crippen MR) is 141 cm³/mol. The largest absolute Gasteiger partial charge is 0.337 e. The SMILES string of the molecule is CCN1C(=O)C(=Cc2cn(Cc3nc(-c4ccc(C)cc4)no3)c3ccccc23)C(=O)N(CC)C1=S. The lowest BCUT2D eigenvalue weighted by Gasteiger charge is -2.35. The maximum atomic E-state index is 13.1. The zero-order valence-electron chi connectivity index (χ0n) is 20.3. The minimum Gasteiger partial charge on any atom is -0.337 e. The number of amides is 2. The van der Waals surface area contributed by atoms with Gasteiger partial charge in [0.25, 0.3) is 11.8 Å². The van der Waals surface area contributed by atoms with Crippen LogP contribution in [0.15, 0.2) is 64.8 Å². The topological polar surface area (TPSA) is 84.5 Å². The maximum Gasteiger partial charge on any atom is 0.265 e. The number of thiocarbonyl (C=S) groups is 1. The van der Waals surface area contributed by atoms with E-state index in [1.807, 2.05) is 80.1 Å². The highest BCUT2D eigenvalue weighted by Crippen LogP contribution is 2.27. The molecule has 0 atom stereocenters. The summed E-state index contributed by atoms with van der Waals surface area (Å²) in [5.41, 5.74) is 3.80. The van der Waals surface area contributed by atoms with Crippen molar-refractivity contribution in [2.45, 2.75) is 27.3 Å². The zero-order valence-corrected chi connectivity index (χ0v) is 21.1. The second kappa shape index (κ2) is 9.50. The molecule has 36 heavy (non-hydrogen) atoms. The van der Waals surface area contributed by atoms with Crippen LogP contribution in [0.3, 0.4) is 0 Å². The number of nitrogens with zero attached hydrogens (tertiary/aromatic N) is 5. The fourth-order valence-electron chi connectivity index (χ4n) is 4.34. The number of hydrogen-bond donors (Lipinski definition) is 0. The Labute approximate surface area is 213 Å². The van der Waals surface area contributed by atoms with Gasteiger partial charge in [0.1, 0.15) is 12.1 Å². The molecule has 2 aromatic carbocycles. The highest BCUT2D eigenvalue weighted by Gasteiger charge is 2.38. The van der Waals surface area contributed by atoms with Gasteiger partial charge >= 0.3 is 0 Å². The molecule has 9 heteroatoms. The first-order valence-electron chi connectivity index (χ1n) is 11.8. The fourth-order valence-corrected chi connectivity index (χ4v) is 4.77. The Balaban J connectivity index is 1.52. The normalized spacial score (nSPS) is 14.3. The van der Waals surface area contributed by atoms with E-state index in [1.54, 1.807) is 6.08 Å². The molecule has 1 saturated heterocycles. The van der Waals surface area contributed by atoms with E-state index in [-0.39, 0.29) is 22.5 Å². The van der Waals surface area contributed by atoms with Crippen LogP contribution in [-0.2, 0) is 16.1 Å². The van der Waals surface area contributed by atoms with Crippen molar-refractivity contribution in [1.29, 1.82) is 0 Å². The van der Waals surface area contributed by atoms with Crippen LogP contribution in [-0.4, -0.2) is 54.5 Å². The standard InChI is InChI=1S/C27H25N5O3S/c1-4-31-25(33)21(26(34)32(5-2)27(31)36)14-19-15-30(22-9-7-6-8-20(19)22)16-23-28-24(29-35-23)18-12-10-17(3)11-13-18/h6-15H,4-5,16H2,1-3H3. The number of hydrogen-bond acceptors (Lipinski definition) is 6. The number of likely N-dealkylation sites (N-methyl/N-ethyl adjacent to an activating group) is 2. The summed E-state index contributed by atoms with van der Waals surface area (Å²) >= 11 is 5.37. The summed E-state index contributed by atoms with van der Waals surface area (Å²) in [6, 6.07) is 15.7. The Bertz CT molecular complexity index is 1490. The smallest absolute Gasteiger partial charge is 0.265 e. The Hall–Kier alpha value is -4.11. The summed E-state index contributed by atoms with van der Waals surface area (Å²) in [6.07, 6.45) is 3.55. The first-order valence-corrected chi connectivity index (χ1v) is 12.2. The lowest BCUT2D eigenvalue weighted by atomic mass is 10.1. The fraction of sp³-hybridized carbons (Fsp3) is 0.222. The summed E-state index contributed by atoms with van der Waals surface area (Å²) in [4.78, 5) is 33.7. The quantitative estimate of drug-likeness (QED) is 0.222. The molecular formula is C27H25N5O3S. The van der Waals surface area contributed by atoms with Gasteiger partial charge < -0.3 is 9.09 Å². The van der Waals surface area contributed by atoms with Crippen molar-refractivity contribution in [3.8, 4) is 11.4 Å². The molecule has 0 spiro atoms. The van der Waals surface area contributed by atoms with Crippen molar-refractivity contribution >= 4 is 46.1 Å². The predicted octanol–water partition coefficient (Wildman–Crippen LogP) is 4.43. The van der Waals surface area contributed by atoms with Gasteiger partial charge in [0.2, 0.25) is 11.7 Å². The third-order valence-corrected chi connectivity index (χ3v) is 6.69. The molecule has 2 aromatic heterocycles. The molecule has 1 fully saturated rings. The van der Waals surface area contributed by atoms with Gasteiger partial charge in [-0.3, -0.25) is 19.4 Å². The zero-order chi connectivity index (χ0) is 25.4. The molecule has 0 N–H and O–H groups in total. The van der Waals surface area contributed by atoms with Crippen molar-refractivity contribution in [2.75, 3.05) is 13.1 Å². The van der Waals surface area contributed by atoms with Crippen molar-refractivity contribution in [3.63, 3.8) is 0 Å². The third kappa shape index (κ3) is 4.11. The number of benzene rings is 2. The molecule has 1 aliphatic heterocycles. The van der Waals surface area contributed by atoms with Crippen LogP contribution in [0, 0.1) is 6.92 Å². The summed E-state index contributed by atoms with van der Waals surface area (Å²) in [5.74, 6) is 0.217. The summed E-state index contributed by atoms with van der Waals surface area (Å²) in [7, 11) is 0. The second-order valence-electron chi connectivity index (χ2n) is 8.55. The monoisotopic (exact) mass is 499 g/mol. The van der Waals surface area contributed by atoms with E-state index >= 15 is 0 Å². The first kappa shape index (κ1) is 23.6. The van der Waals surface area contributed by atoms with Gasteiger partial charge in [-0.25, -0.2) is 0 Å². The summed E-state index contributed by atoms with van der Waals surface area (Å²) < 4.78 is 7.51. The number of carbonyl (C=O) groups is 2. The Morgan fingerprint density at radius 3 is 2.31 bits per heavy atom. The number of fused-ring (bicyclic) bond motifs is 1. The Kier molecular flexibility index (Phi) is 6.24. The van der Waals surface area contributed by atoms with Crippen molar-refractivity contribution in [1.82, 2.24) is 24.5 Å². The van der Waals surface area contributed by atoms with E-state index in [2.05, 4.69) is 10.1 Å². The van der Waals surface area contributed by atoms with E-state index in [4.69, 9.17) is 16.7 Å². The van der Waals surface area contributed by atoms with Gasteiger partial charge in [-0.05, 0) is 45.1 Å². The van der Waals surface area contributed by atoms with Crippen LogP contribution < -0.4 is 0 Å². The van der Waals surface area contributed by atoms with Crippen LogP contribution in [0.5, 0.6) is 0 Å². The minimum absolute atomic E-state index is 0.0923. The number of para-hydroxylation sites is 1. The second-order valence-corrected chi connectivity index (χ2v) is 8.91. The molecule has 1 aliphatic rings. The summed E-state index contributed by atoms with van der Waals surface area (Å²) in [5, 5.41) is 5.28. The first-order chi connectivity index (χ1) is 17.4. The van der Waals surface area contributed by atoms with Crippen molar-refractivity contribution < 1.29 is 14.1 Å². The van der Waals surface area contributed by atoms with E-state index in [1.165, 1.54) is 9.80 Å². The van der Waals surface area contributed by atoms with Crippen molar-refractivity contribution in [2.24, 2.45) is 0 Å². The molecule has 5 rings (SSSR count). The molecule has 4 aromatic rings. The molecule has 8 nitrogen and oxygen atoms in total. The molecule has 3 heterocycles. The van der Waals surface area contributed by atoms with Crippen LogP contribution in [0.2, 0.25) is 0 Å². The molecule has 0 saturated carbocycles. The highest BCUT2D eigenvalue weighted by atomic mass is 32.1. The Morgan fingerprint density at radius 2 is 1.64 bits per heavy atom. The van der Waals surface area contributed by atoms with E-state index < -0.39 is 0 Å². The number of carbonyl (C=O) groups excluding carboxylic acids is 2. The maximum absolute atomic E-state index is 13.1. The van der Waals surface area contributed by atoms with E-state index in [0.29, 0.717) is 31.3 Å². The molecule has 0 unspecified atom stereocenters. The molecular weight excluding hydrogens is 474 g/mol. The van der Waals surface area contributed by atoms with E-state index in [0.717, 1.165) is 27.6 Å². The van der Waals surface area contributed by atoms with Crippen LogP contribution >= 0.6 is 12.2 Å². The average Bonchev–Trinajstić information content (AvgIpc) is 3.48. The number of rotatable bonds is 6. The molecule has 0 aliphatic carbocycles.